The average molecular weight is 407 g/mol. The van der Waals surface area contributed by atoms with E-state index in [1.165, 1.54) is 26.8 Å². The third kappa shape index (κ3) is 5.18. The van der Waals surface area contributed by atoms with Crippen LogP contribution in [-0.4, -0.2) is 38.3 Å². The molecule has 0 saturated carbocycles. The van der Waals surface area contributed by atoms with E-state index in [0.717, 1.165) is 19.3 Å². The maximum atomic E-state index is 12.7. The molecule has 1 amide bonds. The summed E-state index contributed by atoms with van der Waals surface area (Å²) in [6.45, 7) is 3.43. The van der Waals surface area contributed by atoms with Gasteiger partial charge in [0.25, 0.3) is 10.0 Å². The number of aryl methyl sites for hydroxylation is 2. The summed E-state index contributed by atoms with van der Waals surface area (Å²) in [5, 5.41) is 4.74. The number of thiophene rings is 1. The van der Waals surface area contributed by atoms with Gasteiger partial charge in [0.1, 0.15) is 4.21 Å². The Morgan fingerprint density at radius 1 is 1.26 bits per heavy atom. The van der Waals surface area contributed by atoms with E-state index in [4.69, 9.17) is 0 Å². The van der Waals surface area contributed by atoms with Gasteiger partial charge in [-0.05, 0) is 49.6 Å². The minimum atomic E-state index is -3.48. The highest BCUT2D eigenvalue weighted by Crippen LogP contribution is 2.26. The molecule has 1 fully saturated rings. The van der Waals surface area contributed by atoms with Crippen molar-refractivity contribution in [1.82, 2.24) is 9.62 Å². The first-order chi connectivity index (χ1) is 13.0. The Morgan fingerprint density at radius 2 is 2.04 bits per heavy atom. The molecule has 1 aromatic carbocycles. The fraction of sp³-hybridized carbons (Fsp3) is 0.450. The largest absolute Gasteiger partial charge is 0.356 e. The standard InChI is InChI=1S/C20H26N2O3S2/c1-16-8-10-17(11-9-16)5-2-12-21-20(23)18-6-3-13-22(15-18)27(24,25)19-7-4-14-26-19/h4,7-11,14,18H,2-3,5-6,12-13,15H2,1H3,(H,21,23)/t18-/m0/s1. The summed E-state index contributed by atoms with van der Waals surface area (Å²) in [4.78, 5) is 12.5. The molecule has 2 aromatic rings. The topological polar surface area (TPSA) is 66.5 Å². The van der Waals surface area contributed by atoms with E-state index in [1.54, 1.807) is 17.5 Å². The predicted molar refractivity (Wildman–Crippen MR) is 108 cm³/mol. The van der Waals surface area contributed by atoms with E-state index in [1.807, 2.05) is 0 Å². The lowest BCUT2D eigenvalue weighted by atomic mass is 9.99. The number of carbonyl (C=O) groups excluding carboxylic acids is 1. The van der Waals surface area contributed by atoms with E-state index >= 15 is 0 Å². The Balaban J connectivity index is 1.47. The molecule has 7 heteroatoms. The maximum absolute atomic E-state index is 12.7. The van der Waals surface area contributed by atoms with Gasteiger partial charge in [0.15, 0.2) is 0 Å². The van der Waals surface area contributed by atoms with Crippen molar-refractivity contribution in [3.05, 3.63) is 52.9 Å². The Labute approximate surface area is 165 Å². The molecule has 1 N–H and O–H groups in total. The quantitative estimate of drug-likeness (QED) is 0.718. The third-order valence-corrected chi connectivity index (χ3v) is 8.14. The van der Waals surface area contributed by atoms with E-state index in [-0.39, 0.29) is 18.4 Å². The maximum Gasteiger partial charge on any atom is 0.252 e. The van der Waals surface area contributed by atoms with E-state index < -0.39 is 10.0 Å². The molecule has 1 saturated heterocycles. The molecule has 0 spiro atoms. The Morgan fingerprint density at radius 3 is 2.74 bits per heavy atom. The predicted octanol–water partition coefficient (Wildman–Crippen LogP) is 3.21. The van der Waals surface area contributed by atoms with Crippen molar-refractivity contribution < 1.29 is 13.2 Å². The fourth-order valence-corrected chi connectivity index (χ4v) is 5.98. The second-order valence-corrected chi connectivity index (χ2v) is 10.1. The van der Waals surface area contributed by atoms with Gasteiger partial charge in [0, 0.05) is 19.6 Å². The number of nitrogens with one attached hydrogen (secondary N) is 1. The molecule has 3 rings (SSSR count). The van der Waals surface area contributed by atoms with Gasteiger partial charge in [0.2, 0.25) is 5.91 Å². The van der Waals surface area contributed by atoms with Crippen LogP contribution < -0.4 is 5.32 Å². The van der Waals surface area contributed by atoms with Crippen LogP contribution in [-0.2, 0) is 21.2 Å². The van der Waals surface area contributed by atoms with Gasteiger partial charge in [0.05, 0.1) is 5.92 Å². The first-order valence-electron chi connectivity index (χ1n) is 9.34. The molecular formula is C20H26N2O3S2. The summed E-state index contributed by atoms with van der Waals surface area (Å²) in [7, 11) is -3.48. The molecule has 1 aromatic heterocycles. The zero-order chi connectivity index (χ0) is 19.3. The molecular weight excluding hydrogens is 380 g/mol. The first-order valence-corrected chi connectivity index (χ1v) is 11.7. The van der Waals surface area contributed by atoms with Crippen molar-refractivity contribution in [2.45, 2.75) is 36.8 Å². The van der Waals surface area contributed by atoms with Crippen molar-refractivity contribution in [2.24, 2.45) is 5.92 Å². The summed E-state index contributed by atoms with van der Waals surface area (Å²) in [5.41, 5.74) is 2.51. The summed E-state index contributed by atoms with van der Waals surface area (Å²) >= 11 is 1.22. The molecule has 27 heavy (non-hydrogen) atoms. The molecule has 0 radical (unpaired) electrons. The lowest BCUT2D eigenvalue weighted by Crippen LogP contribution is -2.45. The van der Waals surface area contributed by atoms with Gasteiger partial charge in [-0.2, -0.15) is 4.31 Å². The second-order valence-electron chi connectivity index (χ2n) is 7.01. The van der Waals surface area contributed by atoms with Gasteiger partial charge in [-0.25, -0.2) is 8.42 Å². The number of hydrogen-bond acceptors (Lipinski definition) is 4. The zero-order valence-electron chi connectivity index (χ0n) is 15.6. The van der Waals surface area contributed by atoms with Crippen LogP contribution >= 0.6 is 11.3 Å². The molecule has 1 atom stereocenters. The SMILES string of the molecule is Cc1ccc(CCCNC(=O)[C@H]2CCCN(S(=O)(=O)c3cccs3)C2)cc1. The Kier molecular flexibility index (Phi) is 6.68. The van der Waals surface area contributed by atoms with Crippen molar-refractivity contribution in [1.29, 1.82) is 0 Å². The van der Waals surface area contributed by atoms with Crippen LogP contribution in [0.25, 0.3) is 0 Å². The molecule has 5 nitrogen and oxygen atoms in total. The number of carbonyl (C=O) groups is 1. The highest BCUT2D eigenvalue weighted by Gasteiger charge is 2.33. The van der Waals surface area contributed by atoms with Crippen molar-refractivity contribution in [3.63, 3.8) is 0 Å². The minimum absolute atomic E-state index is 0.0371. The Hall–Kier alpha value is -1.70. The van der Waals surface area contributed by atoms with Crippen LogP contribution in [0.3, 0.4) is 0 Å². The van der Waals surface area contributed by atoms with Crippen LogP contribution in [0.4, 0.5) is 0 Å². The summed E-state index contributed by atoms with van der Waals surface area (Å²) < 4.78 is 27.1. The summed E-state index contributed by atoms with van der Waals surface area (Å²) in [5.74, 6) is -0.308. The minimum Gasteiger partial charge on any atom is -0.356 e. The molecule has 146 valence electrons. The molecule has 2 heterocycles. The van der Waals surface area contributed by atoms with E-state index in [0.29, 0.717) is 23.7 Å². The van der Waals surface area contributed by atoms with Crippen LogP contribution in [0.2, 0.25) is 0 Å². The van der Waals surface area contributed by atoms with Gasteiger partial charge < -0.3 is 5.32 Å². The van der Waals surface area contributed by atoms with E-state index in [9.17, 15) is 13.2 Å². The smallest absolute Gasteiger partial charge is 0.252 e. The zero-order valence-corrected chi connectivity index (χ0v) is 17.2. The third-order valence-electron chi connectivity index (χ3n) is 4.91. The normalized spacial score (nSPS) is 18.3. The van der Waals surface area contributed by atoms with Crippen LogP contribution in [0.5, 0.6) is 0 Å². The van der Waals surface area contributed by atoms with Gasteiger partial charge in [-0.1, -0.05) is 35.9 Å². The van der Waals surface area contributed by atoms with Crippen molar-refractivity contribution in [2.75, 3.05) is 19.6 Å². The highest BCUT2D eigenvalue weighted by atomic mass is 32.2. The van der Waals surface area contributed by atoms with Crippen molar-refractivity contribution in [3.8, 4) is 0 Å². The number of rotatable bonds is 7. The number of nitrogens with zero attached hydrogens (tertiary/aromatic N) is 1. The Bertz CT molecular complexity index is 846. The number of hydrogen-bond donors (Lipinski definition) is 1. The summed E-state index contributed by atoms with van der Waals surface area (Å²) in [6.07, 6.45) is 3.25. The average Bonchev–Trinajstić information content (AvgIpc) is 3.22. The lowest BCUT2D eigenvalue weighted by molar-refractivity contribution is -0.126. The number of piperidine rings is 1. The molecule has 1 aliphatic rings. The molecule has 0 aliphatic carbocycles. The highest BCUT2D eigenvalue weighted by molar-refractivity contribution is 7.91. The fourth-order valence-electron chi connectivity index (χ4n) is 3.32. The lowest BCUT2D eigenvalue weighted by Gasteiger charge is -2.30. The molecule has 0 unspecified atom stereocenters. The monoisotopic (exact) mass is 406 g/mol. The number of sulfonamides is 1. The van der Waals surface area contributed by atoms with Crippen LogP contribution in [0.1, 0.15) is 30.4 Å². The number of amides is 1. The van der Waals surface area contributed by atoms with Gasteiger partial charge in [-0.3, -0.25) is 4.79 Å². The van der Waals surface area contributed by atoms with Gasteiger partial charge in [-0.15, -0.1) is 11.3 Å². The molecule has 1 aliphatic heterocycles. The molecule has 0 bridgehead atoms. The number of benzene rings is 1. The van der Waals surface area contributed by atoms with Crippen LogP contribution in [0.15, 0.2) is 46.0 Å². The second kappa shape index (κ2) is 8.99. The first kappa shape index (κ1) is 20.0. The van der Waals surface area contributed by atoms with Crippen LogP contribution in [0, 0.1) is 12.8 Å². The van der Waals surface area contributed by atoms with Crippen molar-refractivity contribution >= 4 is 27.3 Å². The summed E-state index contributed by atoms with van der Waals surface area (Å²) in [6, 6.07) is 11.8. The van der Waals surface area contributed by atoms with Gasteiger partial charge >= 0.3 is 0 Å². The van der Waals surface area contributed by atoms with E-state index in [2.05, 4.69) is 36.5 Å².